The summed E-state index contributed by atoms with van der Waals surface area (Å²) in [6, 6.07) is 25.2. The number of thiophene rings is 1. The molecule has 0 aliphatic rings. The van der Waals surface area contributed by atoms with Crippen LogP contribution in [0.15, 0.2) is 96.5 Å². The number of ether oxygens (including phenoxy) is 2. The number of hydrogen-bond acceptors (Lipinski definition) is 9. The van der Waals surface area contributed by atoms with Gasteiger partial charge in [0.2, 0.25) is 5.88 Å². The lowest BCUT2D eigenvalue weighted by Crippen LogP contribution is -2.46. The Morgan fingerprint density at radius 2 is 1.82 bits per heavy atom. The Bertz CT molecular complexity index is 1560. The number of nitrogens with zero attached hydrogens (tertiary/aromatic N) is 2. The number of aliphatic hydroxyl groups excluding tert-OH is 1. The molecule has 2 aromatic heterocycles. The molecular formula is C34H35N3O6S. The molecule has 0 aliphatic heterocycles. The second kappa shape index (κ2) is 16.7. The highest BCUT2D eigenvalue weighted by Crippen LogP contribution is 2.33. The smallest absolute Gasteiger partial charge is 0.328 e. The fourth-order valence-electron chi connectivity index (χ4n) is 3.97. The zero-order chi connectivity index (χ0) is 32.0. The molecule has 0 radical (unpaired) electrons. The average molecular weight is 614 g/mol. The topological polar surface area (TPSA) is 142 Å². The zero-order valence-corrected chi connectivity index (χ0v) is 25.6. The van der Waals surface area contributed by atoms with Crippen LogP contribution in [0.1, 0.15) is 31.9 Å². The quantitative estimate of drug-likeness (QED) is 0.154. The third-order valence-corrected chi connectivity index (χ3v) is 6.96. The van der Waals surface area contributed by atoms with E-state index in [2.05, 4.69) is 36.3 Å². The Morgan fingerprint density at radius 3 is 2.45 bits per heavy atom. The summed E-state index contributed by atoms with van der Waals surface area (Å²) < 4.78 is 11.7. The summed E-state index contributed by atoms with van der Waals surface area (Å²) in [5.41, 5.74) is 2.31. The van der Waals surface area contributed by atoms with E-state index in [1.807, 2.05) is 60.0 Å². The minimum Gasteiger partial charge on any atom is -0.490 e. The van der Waals surface area contributed by atoms with Crippen LogP contribution in [0, 0.1) is 11.3 Å². The van der Waals surface area contributed by atoms with E-state index in [-0.39, 0.29) is 17.9 Å². The highest BCUT2D eigenvalue weighted by Gasteiger charge is 2.20. The number of allylic oxidation sites excluding steroid dienone is 1. The lowest BCUT2D eigenvalue weighted by Gasteiger charge is -2.28. The summed E-state index contributed by atoms with van der Waals surface area (Å²) in [5, 5.41) is 33.2. The number of nitrogens with one attached hydrogen (secondary N) is 1. The van der Waals surface area contributed by atoms with Crippen molar-refractivity contribution in [3.8, 4) is 33.9 Å². The minimum atomic E-state index is -1.10. The number of aliphatic carboxylic acids is 1. The molecule has 2 aromatic carbocycles. The van der Waals surface area contributed by atoms with E-state index in [4.69, 9.17) is 14.6 Å². The van der Waals surface area contributed by atoms with Crippen molar-refractivity contribution in [2.75, 3.05) is 13.2 Å². The number of carbonyl (C=O) groups is 2. The molecule has 0 aliphatic carbocycles. The van der Waals surface area contributed by atoms with Gasteiger partial charge < -0.3 is 25.0 Å². The maximum atomic E-state index is 10.6. The van der Waals surface area contributed by atoms with Gasteiger partial charge in [-0.1, -0.05) is 30.3 Å². The first-order valence-electron chi connectivity index (χ1n) is 13.8. The van der Waals surface area contributed by atoms with Crippen LogP contribution >= 0.6 is 11.3 Å². The van der Waals surface area contributed by atoms with Crippen LogP contribution in [0.25, 0.3) is 10.4 Å². The third kappa shape index (κ3) is 11.5. The van der Waals surface area contributed by atoms with Crippen molar-refractivity contribution in [3.05, 3.63) is 108 Å². The maximum absolute atomic E-state index is 10.6. The minimum absolute atomic E-state index is 0.204. The number of hydrogen-bond donors (Lipinski definition) is 3. The zero-order valence-electron chi connectivity index (χ0n) is 24.8. The molecule has 1 atom stereocenters. The van der Waals surface area contributed by atoms with Crippen molar-refractivity contribution in [2.24, 2.45) is 0 Å². The lowest BCUT2D eigenvalue weighted by molar-refractivity contribution is -0.131. The second-order valence-corrected chi connectivity index (χ2v) is 11.3. The van der Waals surface area contributed by atoms with Gasteiger partial charge in [-0.3, -0.25) is 4.79 Å². The largest absolute Gasteiger partial charge is 0.490 e. The number of pyridine rings is 1. The van der Waals surface area contributed by atoms with E-state index in [9.17, 15) is 20.0 Å². The average Bonchev–Trinajstić information content (AvgIpc) is 3.55. The Labute approximate surface area is 261 Å². The van der Waals surface area contributed by atoms with Gasteiger partial charge in [-0.05, 0) is 86.7 Å². The SMILES string of the molecule is CC(=O)/C=C/C(=O)O.CC(C)(Cc1ccc(Oc2ncccc2C#N)cc1)NC[C@H](O)COc1ccccc1-c1cccs1. The first kappa shape index (κ1) is 33.7. The molecule has 228 valence electrons. The Balaban J connectivity index is 0.000000583. The van der Waals surface area contributed by atoms with Crippen LogP contribution in [0.3, 0.4) is 0 Å². The van der Waals surface area contributed by atoms with Crippen LogP contribution in [0.5, 0.6) is 17.4 Å². The van der Waals surface area contributed by atoms with Crippen molar-refractivity contribution in [1.29, 1.82) is 5.26 Å². The molecule has 0 fully saturated rings. The van der Waals surface area contributed by atoms with Gasteiger partial charge >= 0.3 is 5.97 Å². The van der Waals surface area contributed by atoms with Gasteiger partial charge in [0.25, 0.3) is 0 Å². The first-order chi connectivity index (χ1) is 21.1. The van der Waals surface area contributed by atoms with E-state index in [1.54, 1.807) is 29.7 Å². The van der Waals surface area contributed by atoms with Crippen LogP contribution in [0.4, 0.5) is 0 Å². The molecule has 0 spiro atoms. The number of rotatable bonds is 13. The van der Waals surface area contributed by atoms with Gasteiger partial charge in [0, 0.05) is 34.8 Å². The third-order valence-electron chi connectivity index (χ3n) is 6.06. The number of aromatic nitrogens is 1. The van der Waals surface area contributed by atoms with E-state index in [0.29, 0.717) is 23.7 Å². The number of aliphatic hydroxyl groups is 1. The summed E-state index contributed by atoms with van der Waals surface area (Å²) >= 11 is 1.66. The van der Waals surface area contributed by atoms with Crippen LogP contribution in [0.2, 0.25) is 0 Å². The fourth-order valence-corrected chi connectivity index (χ4v) is 4.73. The number of β-amino-alcohol motifs (C(OH)–C–C–N with tert-alkyl or cyclic N) is 1. The van der Waals surface area contributed by atoms with Crippen molar-refractivity contribution >= 4 is 23.1 Å². The van der Waals surface area contributed by atoms with Crippen LogP contribution in [-0.4, -0.2) is 51.7 Å². The fraction of sp³-hybridized carbons (Fsp3) is 0.235. The van der Waals surface area contributed by atoms with Crippen LogP contribution < -0.4 is 14.8 Å². The second-order valence-electron chi connectivity index (χ2n) is 10.4. The van der Waals surface area contributed by atoms with Crippen molar-refractivity contribution in [3.63, 3.8) is 0 Å². The summed E-state index contributed by atoms with van der Waals surface area (Å²) in [5.74, 6) is 0.333. The summed E-state index contributed by atoms with van der Waals surface area (Å²) in [4.78, 5) is 24.9. The molecule has 0 unspecified atom stereocenters. The van der Waals surface area contributed by atoms with Gasteiger partial charge in [0.15, 0.2) is 5.78 Å². The van der Waals surface area contributed by atoms with Crippen molar-refractivity contribution in [2.45, 2.75) is 38.8 Å². The van der Waals surface area contributed by atoms with E-state index >= 15 is 0 Å². The summed E-state index contributed by atoms with van der Waals surface area (Å²) in [6.07, 6.45) is 3.52. The Kier molecular flexibility index (Phi) is 12.8. The normalized spacial score (nSPS) is 11.6. The molecular weight excluding hydrogens is 578 g/mol. The number of carbonyl (C=O) groups excluding carboxylic acids is 1. The van der Waals surface area contributed by atoms with Gasteiger partial charge in [0.1, 0.15) is 35.8 Å². The van der Waals surface area contributed by atoms with Gasteiger partial charge in [-0.15, -0.1) is 11.3 Å². The highest BCUT2D eigenvalue weighted by molar-refractivity contribution is 7.13. The van der Waals surface area contributed by atoms with E-state index in [0.717, 1.165) is 40.3 Å². The van der Waals surface area contributed by atoms with Gasteiger partial charge in [-0.25, -0.2) is 9.78 Å². The number of benzene rings is 2. The van der Waals surface area contributed by atoms with Gasteiger partial charge in [0.05, 0.1) is 0 Å². The first-order valence-corrected chi connectivity index (χ1v) is 14.7. The number of para-hydroxylation sites is 1. The summed E-state index contributed by atoms with van der Waals surface area (Å²) in [6.45, 7) is 6.11. The molecule has 4 aromatic rings. The lowest BCUT2D eigenvalue weighted by atomic mass is 9.94. The molecule has 0 amide bonds. The molecule has 10 heteroatoms. The number of nitriles is 1. The predicted octanol–water partition coefficient (Wildman–Crippen LogP) is 6.04. The highest BCUT2D eigenvalue weighted by atomic mass is 32.1. The van der Waals surface area contributed by atoms with Crippen molar-refractivity contribution < 1.29 is 29.3 Å². The maximum Gasteiger partial charge on any atom is 0.328 e. The number of ketones is 1. The number of carboxylic acid groups (broad SMARTS) is 1. The van der Waals surface area contributed by atoms with E-state index in [1.165, 1.54) is 6.92 Å². The predicted molar refractivity (Wildman–Crippen MR) is 170 cm³/mol. The Morgan fingerprint density at radius 1 is 1.07 bits per heavy atom. The standard InChI is InChI=1S/C29H29N3O3S.C5H6O3/c1-29(2,17-21-11-13-24(14-12-21)35-28-22(18-30)7-5-15-31-28)32-19-23(33)20-34-26-9-4-3-8-25(26)27-10-6-16-36-27;1-4(6)2-3-5(7)8/h3-16,23,32-33H,17,19-20H2,1-2H3;2-3H,1H3,(H,7,8)/b;3-2+/t23-;/m0./s1. The van der Waals surface area contributed by atoms with Gasteiger partial charge in [-0.2, -0.15) is 5.26 Å². The van der Waals surface area contributed by atoms with E-state index < -0.39 is 12.1 Å². The molecule has 4 rings (SSSR count). The molecule has 2 heterocycles. The molecule has 9 nitrogen and oxygen atoms in total. The molecule has 0 saturated carbocycles. The number of carboxylic acids is 1. The Hall–Kier alpha value is -4.82. The van der Waals surface area contributed by atoms with Crippen LogP contribution in [-0.2, 0) is 16.0 Å². The molecule has 3 N–H and O–H groups in total. The molecule has 0 saturated heterocycles. The monoisotopic (exact) mass is 613 g/mol. The molecule has 0 bridgehead atoms. The summed E-state index contributed by atoms with van der Waals surface area (Å²) in [7, 11) is 0. The molecule has 44 heavy (non-hydrogen) atoms. The van der Waals surface area contributed by atoms with Crippen molar-refractivity contribution in [1.82, 2.24) is 10.3 Å².